The monoisotopic (exact) mass is 258 g/mol. The maximum absolute atomic E-state index is 6.00. The maximum atomic E-state index is 6.00. The van der Waals surface area contributed by atoms with Gasteiger partial charge < -0.3 is 10.6 Å². The summed E-state index contributed by atoms with van der Waals surface area (Å²) in [6.07, 6.45) is 0. The highest BCUT2D eigenvalue weighted by atomic mass is 35.5. The molecule has 1 aromatic carbocycles. The van der Waals surface area contributed by atoms with Crippen LogP contribution in [0.15, 0.2) is 12.1 Å². The minimum absolute atomic E-state index is 0.595. The molecule has 0 spiro atoms. The first-order valence-electron chi connectivity index (χ1n) is 5.54. The van der Waals surface area contributed by atoms with E-state index in [-0.39, 0.29) is 0 Å². The van der Waals surface area contributed by atoms with Crippen LogP contribution in [-0.4, -0.2) is 13.1 Å². The Labute approximate surface area is 106 Å². The summed E-state index contributed by atoms with van der Waals surface area (Å²) in [6, 6.07) is 3.77. The number of halogens is 2. The first-order valence-corrected chi connectivity index (χ1v) is 6.30. The highest BCUT2D eigenvalue weighted by Gasteiger charge is 2.18. The summed E-state index contributed by atoms with van der Waals surface area (Å²) in [7, 11) is 0. The van der Waals surface area contributed by atoms with E-state index in [9.17, 15) is 0 Å². The summed E-state index contributed by atoms with van der Waals surface area (Å²) in [6.45, 7) is 6.42. The largest absolute Gasteiger partial charge is 0.383 e. The number of fused-ring (bicyclic) bond motifs is 1. The molecule has 0 unspecified atom stereocenters. The zero-order valence-corrected chi connectivity index (χ0v) is 11.0. The lowest BCUT2D eigenvalue weighted by atomic mass is 9.96. The van der Waals surface area contributed by atoms with E-state index in [1.54, 1.807) is 0 Å². The minimum Gasteiger partial charge on any atom is -0.383 e. The second-order valence-electron chi connectivity index (χ2n) is 4.58. The highest BCUT2D eigenvalue weighted by molar-refractivity contribution is 6.42. The smallest absolute Gasteiger partial charge is 0.0614 e. The second-order valence-corrected chi connectivity index (χ2v) is 5.39. The molecule has 0 aromatic heterocycles. The van der Waals surface area contributed by atoms with Crippen LogP contribution in [0.5, 0.6) is 0 Å². The molecule has 1 aliphatic heterocycles. The van der Waals surface area contributed by atoms with E-state index < -0.39 is 0 Å². The van der Waals surface area contributed by atoms with Gasteiger partial charge in [0.1, 0.15) is 0 Å². The van der Waals surface area contributed by atoms with Crippen molar-refractivity contribution in [3.8, 4) is 0 Å². The molecule has 0 bridgehead atoms. The van der Waals surface area contributed by atoms with Crippen molar-refractivity contribution in [3.63, 3.8) is 0 Å². The molecule has 1 aliphatic rings. The zero-order valence-electron chi connectivity index (χ0n) is 9.48. The van der Waals surface area contributed by atoms with Crippen LogP contribution in [0.1, 0.15) is 13.8 Å². The number of benzene rings is 1. The Hall–Kier alpha value is -0.600. The van der Waals surface area contributed by atoms with Gasteiger partial charge >= 0.3 is 0 Å². The van der Waals surface area contributed by atoms with Gasteiger partial charge in [0.05, 0.1) is 21.4 Å². The normalized spacial score (nSPS) is 16.3. The molecule has 0 fully saturated rings. The Kier molecular flexibility index (Phi) is 3.50. The van der Waals surface area contributed by atoms with Crippen molar-refractivity contribution in [2.75, 3.05) is 23.7 Å². The molecule has 2 nitrogen and oxygen atoms in total. The Bertz CT molecular complexity index is 358. The van der Waals surface area contributed by atoms with Crippen molar-refractivity contribution in [3.05, 3.63) is 22.2 Å². The summed E-state index contributed by atoms with van der Waals surface area (Å²) in [5.74, 6) is 1.27. The van der Waals surface area contributed by atoms with Crippen LogP contribution in [0.4, 0.5) is 11.4 Å². The van der Waals surface area contributed by atoms with E-state index in [0.717, 1.165) is 24.5 Å². The van der Waals surface area contributed by atoms with E-state index in [0.29, 0.717) is 21.9 Å². The van der Waals surface area contributed by atoms with Gasteiger partial charge in [-0.3, -0.25) is 0 Å². The van der Waals surface area contributed by atoms with E-state index in [4.69, 9.17) is 23.2 Å². The third-order valence-electron chi connectivity index (χ3n) is 3.11. The van der Waals surface area contributed by atoms with E-state index in [1.165, 1.54) is 0 Å². The second kappa shape index (κ2) is 4.72. The molecule has 0 saturated heterocycles. The summed E-state index contributed by atoms with van der Waals surface area (Å²) in [5.41, 5.74) is 2.08. The van der Waals surface area contributed by atoms with Gasteiger partial charge in [-0.2, -0.15) is 0 Å². The average molecular weight is 259 g/mol. The van der Waals surface area contributed by atoms with Gasteiger partial charge in [0.2, 0.25) is 0 Å². The first kappa shape index (κ1) is 11.9. The van der Waals surface area contributed by atoms with Gasteiger partial charge in [0.25, 0.3) is 0 Å². The summed E-state index contributed by atoms with van der Waals surface area (Å²) in [5, 5.41) is 8.03. The van der Waals surface area contributed by atoms with Gasteiger partial charge in [-0.25, -0.2) is 0 Å². The van der Waals surface area contributed by atoms with Gasteiger partial charge in [-0.1, -0.05) is 37.0 Å². The molecule has 0 atom stereocenters. The average Bonchev–Trinajstić information content (AvgIpc) is 2.41. The molecule has 0 saturated carbocycles. The fourth-order valence-electron chi connectivity index (χ4n) is 1.87. The Morgan fingerprint density at radius 3 is 1.88 bits per heavy atom. The summed E-state index contributed by atoms with van der Waals surface area (Å²) < 4.78 is 0. The number of hydrogen-bond donors (Lipinski definition) is 2. The fraction of sp³-hybridized carbons (Fsp3) is 0.500. The van der Waals surface area contributed by atoms with Crippen LogP contribution >= 0.6 is 23.2 Å². The molecule has 2 rings (SSSR count). The SMILES string of the molecule is CC(C)C1CNc2cc(Cl)c(Cl)cc2NC1. The first-order chi connectivity index (χ1) is 7.58. The standard InChI is InChI=1S/C12H16Cl2N2/c1-7(2)8-5-15-11-3-9(13)10(14)4-12(11)16-6-8/h3-4,7-8,15-16H,5-6H2,1-2H3. The third-order valence-corrected chi connectivity index (χ3v) is 3.83. The Morgan fingerprint density at radius 1 is 1.06 bits per heavy atom. The Balaban J connectivity index is 2.24. The molecule has 88 valence electrons. The summed E-state index contributed by atoms with van der Waals surface area (Å²) in [4.78, 5) is 0. The molecular formula is C12H16Cl2N2. The lowest BCUT2D eigenvalue weighted by Crippen LogP contribution is -2.23. The van der Waals surface area contributed by atoms with Crippen molar-refractivity contribution in [1.82, 2.24) is 0 Å². The van der Waals surface area contributed by atoms with Crippen molar-refractivity contribution in [2.45, 2.75) is 13.8 Å². The molecule has 0 amide bonds. The topological polar surface area (TPSA) is 24.1 Å². The van der Waals surface area contributed by atoms with Crippen LogP contribution < -0.4 is 10.6 Å². The molecule has 0 radical (unpaired) electrons. The van der Waals surface area contributed by atoms with Crippen molar-refractivity contribution in [1.29, 1.82) is 0 Å². The van der Waals surface area contributed by atoms with Crippen LogP contribution in [0.2, 0.25) is 10.0 Å². The van der Waals surface area contributed by atoms with E-state index in [1.807, 2.05) is 12.1 Å². The molecule has 1 aromatic rings. The number of hydrogen-bond acceptors (Lipinski definition) is 2. The van der Waals surface area contributed by atoms with Gasteiger partial charge in [-0.05, 0) is 24.0 Å². The quantitative estimate of drug-likeness (QED) is 0.793. The molecule has 1 heterocycles. The number of anilines is 2. The lowest BCUT2D eigenvalue weighted by molar-refractivity contribution is 0.426. The maximum Gasteiger partial charge on any atom is 0.0614 e. The predicted molar refractivity (Wildman–Crippen MR) is 71.8 cm³/mol. The van der Waals surface area contributed by atoms with Crippen LogP contribution in [0, 0.1) is 11.8 Å². The highest BCUT2D eigenvalue weighted by Crippen LogP contribution is 2.34. The van der Waals surface area contributed by atoms with Gasteiger partial charge in [0, 0.05) is 13.1 Å². The van der Waals surface area contributed by atoms with E-state index >= 15 is 0 Å². The number of nitrogens with one attached hydrogen (secondary N) is 2. The molecule has 2 N–H and O–H groups in total. The summed E-state index contributed by atoms with van der Waals surface area (Å²) >= 11 is 12.0. The molecular weight excluding hydrogens is 243 g/mol. The van der Waals surface area contributed by atoms with Crippen molar-refractivity contribution in [2.24, 2.45) is 11.8 Å². The Morgan fingerprint density at radius 2 is 1.50 bits per heavy atom. The molecule has 0 aliphatic carbocycles. The minimum atomic E-state index is 0.595. The van der Waals surface area contributed by atoms with Crippen LogP contribution in [0.3, 0.4) is 0 Å². The molecule has 4 heteroatoms. The van der Waals surface area contributed by atoms with Crippen molar-refractivity contribution >= 4 is 34.6 Å². The third kappa shape index (κ3) is 2.38. The van der Waals surface area contributed by atoms with E-state index in [2.05, 4.69) is 24.5 Å². The zero-order chi connectivity index (χ0) is 11.7. The fourth-order valence-corrected chi connectivity index (χ4v) is 2.19. The van der Waals surface area contributed by atoms with Gasteiger partial charge in [-0.15, -0.1) is 0 Å². The lowest BCUT2D eigenvalue weighted by Gasteiger charge is -2.18. The van der Waals surface area contributed by atoms with Gasteiger partial charge in [0.15, 0.2) is 0 Å². The van der Waals surface area contributed by atoms with Crippen LogP contribution in [0.25, 0.3) is 0 Å². The molecule has 16 heavy (non-hydrogen) atoms. The predicted octanol–water partition coefficient (Wildman–Crippen LogP) is 4.10. The van der Waals surface area contributed by atoms with Crippen molar-refractivity contribution < 1.29 is 0 Å². The van der Waals surface area contributed by atoms with Crippen LogP contribution in [-0.2, 0) is 0 Å². The number of rotatable bonds is 1.